The summed E-state index contributed by atoms with van der Waals surface area (Å²) in [6.07, 6.45) is 0. The van der Waals surface area contributed by atoms with Gasteiger partial charge in [-0.3, -0.25) is 4.79 Å². The third-order valence-corrected chi connectivity index (χ3v) is 1.18. The van der Waals surface area contributed by atoms with Crippen molar-refractivity contribution in [2.24, 2.45) is 0 Å². The fourth-order valence-corrected chi connectivity index (χ4v) is 0.477. The maximum absolute atomic E-state index is 10.8. The fourth-order valence-electron chi connectivity index (χ4n) is 0.386. The molecule has 1 N–H and O–H groups in total. The number of carbonyl (C=O) groups is 1. The number of nitrogens with one attached hydrogen (secondary N) is 1. The van der Waals surface area contributed by atoms with Gasteiger partial charge in [0.25, 0.3) is 0 Å². The lowest BCUT2D eigenvalue weighted by Gasteiger charge is -2.05. The minimum absolute atomic E-state index is 0.0497. The van der Waals surface area contributed by atoms with Gasteiger partial charge in [-0.2, -0.15) is 12.6 Å². The average Bonchev–Trinajstić information content (AvgIpc) is 1.82. The summed E-state index contributed by atoms with van der Waals surface area (Å²) >= 11 is 3.95. The van der Waals surface area contributed by atoms with E-state index in [-0.39, 0.29) is 11.2 Å². The second-order valence-corrected chi connectivity index (χ2v) is 3.13. The lowest BCUT2D eigenvalue weighted by molar-refractivity contribution is -0.120. The first-order valence-electron chi connectivity index (χ1n) is 3.14. The minimum Gasteiger partial charge on any atom is -0.351 e. The Morgan fingerprint density at radius 3 is 2.60 bits per heavy atom. The van der Waals surface area contributed by atoms with Crippen LogP contribution in [0.2, 0.25) is 0 Å². The number of rotatable bonds is 3. The summed E-state index contributed by atoms with van der Waals surface area (Å²) in [5.74, 6) is -0.0497. The molecular formula is C7H13NOS. The Bertz CT molecular complexity index is 143. The molecule has 0 saturated carbocycles. The normalized spacial score (nSPS) is 12.3. The number of hydrogen-bond acceptors (Lipinski definition) is 2. The summed E-state index contributed by atoms with van der Waals surface area (Å²) in [6.45, 7) is 7.79. The van der Waals surface area contributed by atoms with Crippen molar-refractivity contribution in [3.8, 4) is 0 Å². The Morgan fingerprint density at radius 1 is 1.80 bits per heavy atom. The van der Waals surface area contributed by atoms with Crippen LogP contribution in [0, 0.1) is 0 Å². The molecule has 0 radical (unpaired) electrons. The molecule has 1 unspecified atom stereocenters. The van der Waals surface area contributed by atoms with E-state index in [4.69, 9.17) is 0 Å². The summed E-state index contributed by atoms with van der Waals surface area (Å²) < 4.78 is 0. The van der Waals surface area contributed by atoms with E-state index in [0.29, 0.717) is 6.54 Å². The molecule has 0 aliphatic heterocycles. The molecule has 1 atom stereocenters. The average molecular weight is 159 g/mol. The van der Waals surface area contributed by atoms with Gasteiger partial charge in [-0.25, -0.2) is 0 Å². The SMILES string of the molecule is C=C(C)CNC(=O)C(C)S. The summed E-state index contributed by atoms with van der Waals surface area (Å²) in [5.41, 5.74) is 0.947. The number of carbonyl (C=O) groups excluding carboxylic acids is 1. The Labute approximate surface area is 67.1 Å². The third-order valence-electron chi connectivity index (χ3n) is 0.944. The maximum atomic E-state index is 10.8. The Hall–Kier alpha value is -0.440. The zero-order valence-electron chi connectivity index (χ0n) is 6.35. The topological polar surface area (TPSA) is 29.1 Å². The van der Waals surface area contributed by atoms with Crippen LogP contribution in [0.25, 0.3) is 0 Å². The van der Waals surface area contributed by atoms with Crippen LogP contribution in [0.5, 0.6) is 0 Å². The Kier molecular flexibility index (Phi) is 4.19. The molecule has 1 amide bonds. The lowest BCUT2D eigenvalue weighted by Crippen LogP contribution is -2.30. The number of hydrogen-bond donors (Lipinski definition) is 2. The zero-order valence-corrected chi connectivity index (χ0v) is 7.24. The molecule has 0 bridgehead atoms. The van der Waals surface area contributed by atoms with Crippen molar-refractivity contribution in [2.75, 3.05) is 6.54 Å². The van der Waals surface area contributed by atoms with E-state index in [0.717, 1.165) is 5.57 Å². The van der Waals surface area contributed by atoms with E-state index in [1.165, 1.54) is 0 Å². The van der Waals surface area contributed by atoms with Gasteiger partial charge < -0.3 is 5.32 Å². The van der Waals surface area contributed by atoms with Gasteiger partial charge >= 0.3 is 0 Å². The molecule has 2 nitrogen and oxygen atoms in total. The highest BCUT2D eigenvalue weighted by molar-refractivity contribution is 7.81. The van der Waals surface area contributed by atoms with Gasteiger partial charge in [0.15, 0.2) is 0 Å². The molecule has 0 spiro atoms. The summed E-state index contributed by atoms with van der Waals surface area (Å²) in [5, 5.41) is 2.43. The van der Waals surface area contributed by atoms with Crippen LogP contribution < -0.4 is 5.32 Å². The second kappa shape index (κ2) is 4.39. The van der Waals surface area contributed by atoms with Gasteiger partial charge in [0.2, 0.25) is 5.91 Å². The minimum atomic E-state index is -0.237. The van der Waals surface area contributed by atoms with Crippen molar-refractivity contribution in [3.63, 3.8) is 0 Å². The fraction of sp³-hybridized carbons (Fsp3) is 0.571. The maximum Gasteiger partial charge on any atom is 0.232 e. The predicted octanol–water partition coefficient (Wildman–Crippen LogP) is 0.997. The molecular weight excluding hydrogens is 146 g/mol. The zero-order chi connectivity index (χ0) is 8.15. The van der Waals surface area contributed by atoms with Gasteiger partial charge in [0.05, 0.1) is 5.25 Å². The molecule has 0 aromatic heterocycles. The molecule has 0 aromatic carbocycles. The van der Waals surface area contributed by atoms with E-state index in [1.807, 2.05) is 6.92 Å². The molecule has 0 heterocycles. The van der Waals surface area contributed by atoms with Gasteiger partial charge in [0.1, 0.15) is 0 Å². The van der Waals surface area contributed by atoms with Crippen LogP contribution in [0.3, 0.4) is 0 Å². The lowest BCUT2D eigenvalue weighted by atomic mass is 10.3. The highest BCUT2D eigenvalue weighted by atomic mass is 32.1. The quantitative estimate of drug-likeness (QED) is 0.467. The van der Waals surface area contributed by atoms with Crippen LogP contribution in [0.15, 0.2) is 12.2 Å². The predicted molar refractivity (Wildman–Crippen MR) is 46.3 cm³/mol. The van der Waals surface area contributed by atoms with E-state index in [2.05, 4.69) is 24.5 Å². The first-order valence-corrected chi connectivity index (χ1v) is 3.66. The van der Waals surface area contributed by atoms with Crippen LogP contribution in [0.4, 0.5) is 0 Å². The van der Waals surface area contributed by atoms with Gasteiger partial charge in [0, 0.05) is 6.54 Å². The van der Waals surface area contributed by atoms with Gasteiger partial charge in [-0.05, 0) is 13.8 Å². The van der Waals surface area contributed by atoms with E-state index in [9.17, 15) is 4.79 Å². The molecule has 0 saturated heterocycles. The Balaban J connectivity index is 3.50. The van der Waals surface area contributed by atoms with Crippen molar-refractivity contribution in [1.82, 2.24) is 5.32 Å². The molecule has 10 heavy (non-hydrogen) atoms. The van der Waals surface area contributed by atoms with Crippen LogP contribution in [-0.4, -0.2) is 17.7 Å². The van der Waals surface area contributed by atoms with E-state index < -0.39 is 0 Å². The van der Waals surface area contributed by atoms with Crippen molar-refractivity contribution in [3.05, 3.63) is 12.2 Å². The van der Waals surface area contributed by atoms with Crippen molar-refractivity contribution < 1.29 is 4.79 Å². The molecule has 58 valence electrons. The summed E-state index contributed by atoms with van der Waals surface area (Å²) in [7, 11) is 0. The van der Waals surface area contributed by atoms with Gasteiger partial charge in [-0.15, -0.1) is 0 Å². The van der Waals surface area contributed by atoms with Crippen LogP contribution >= 0.6 is 12.6 Å². The smallest absolute Gasteiger partial charge is 0.232 e. The second-order valence-electron chi connectivity index (χ2n) is 2.35. The first-order chi connectivity index (χ1) is 4.54. The highest BCUT2D eigenvalue weighted by Crippen LogP contribution is 1.91. The molecule has 0 rings (SSSR count). The molecule has 0 aliphatic rings. The highest BCUT2D eigenvalue weighted by Gasteiger charge is 2.04. The van der Waals surface area contributed by atoms with E-state index in [1.54, 1.807) is 6.92 Å². The monoisotopic (exact) mass is 159 g/mol. The molecule has 0 aliphatic carbocycles. The van der Waals surface area contributed by atoms with Crippen LogP contribution in [0.1, 0.15) is 13.8 Å². The van der Waals surface area contributed by atoms with Crippen molar-refractivity contribution in [2.45, 2.75) is 19.1 Å². The molecule has 0 fully saturated rings. The largest absolute Gasteiger partial charge is 0.351 e. The van der Waals surface area contributed by atoms with E-state index >= 15 is 0 Å². The number of amides is 1. The summed E-state index contributed by atoms with van der Waals surface area (Å²) in [4.78, 5) is 10.8. The number of thiol groups is 1. The standard InChI is InChI=1S/C7H13NOS/c1-5(2)4-8-7(9)6(3)10/h6,10H,1,4H2,2-3H3,(H,8,9). The first kappa shape index (κ1) is 9.56. The molecule has 3 heteroatoms. The summed E-state index contributed by atoms with van der Waals surface area (Å²) in [6, 6.07) is 0. The van der Waals surface area contributed by atoms with Gasteiger partial charge in [-0.1, -0.05) is 12.2 Å². The third kappa shape index (κ3) is 4.44. The van der Waals surface area contributed by atoms with Crippen molar-refractivity contribution >= 4 is 18.5 Å². The van der Waals surface area contributed by atoms with Crippen molar-refractivity contribution in [1.29, 1.82) is 0 Å². The Morgan fingerprint density at radius 2 is 2.30 bits per heavy atom. The van der Waals surface area contributed by atoms with Crippen LogP contribution in [-0.2, 0) is 4.79 Å². The molecule has 0 aromatic rings.